The molecule has 2 aromatic carbocycles. The molecule has 0 N–H and O–H groups in total. The Kier molecular flexibility index (Phi) is 5.59. The third-order valence-corrected chi connectivity index (χ3v) is 7.64. The fourth-order valence-corrected chi connectivity index (χ4v) is 5.76. The zero-order chi connectivity index (χ0) is 32.5. The van der Waals surface area contributed by atoms with Gasteiger partial charge in [-0.05, 0) is 74.4 Å². The van der Waals surface area contributed by atoms with E-state index in [1.165, 1.54) is 13.1 Å². The van der Waals surface area contributed by atoms with Crippen LogP contribution in [0.3, 0.4) is 0 Å². The molecule has 1 fully saturated rings. The minimum Gasteiger partial charge on any atom is -0.458 e. The summed E-state index contributed by atoms with van der Waals surface area (Å²) in [5.41, 5.74) is -1.08. The molecular formula is C31H37F3N2O2. The summed E-state index contributed by atoms with van der Waals surface area (Å²) in [7, 11) is 1.25. The molecule has 5 rings (SSSR count). The zero-order valence-electron chi connectivity index (χ0n) is 27.9. The summed E-state index contributed by atoms with van der Waals surface area (Å²) in [6.45, 7) is 0.291. The van der Waals surface area contributed by atoms with Crippen molar-refractivity contribution in [2.45, 2.75) is 76.1 Å². The Labute approximate surface area is 231 Å². The Bertz CT molecular complexity index is 1480. The van der Waals surface area contributed by atoms with Crippen LogP contribution in [0.5, 0.6) is 0 Å². The summed E-state index contributed by atoms with van der Waals surface area (Å²) in [5, 5.41) is 0. The molecule has 4 nitrogen and oxygen atoms in total. The van der Waals surface area contributed by atoms with Crippen LogP contribution in [0.15, 0.2) is 47.5 Å². The molecule has 1 heterocycles. The SMILES string of the molecule is [2H]C([2H])(C1=Nc2ccccc2C1)C([2H])([2H])C([2H])([2H])N(C)CC[C@@]1(OC(=O)C2CC2)CC(F)(F)c2cc(F)ccc2[C@@H]1C(C)C. The molecule has 0 aromatic heterocycles. The number of nitrogens with zero attached hydrogens (tertiary/aromatic N) is 2. The predicted molar refractivity (Wildman–Crippen MR) is 143 cm³/mol. The van der Waals surface area contributed by atoms with Crippen molar-refractivity contribution in [3.05, 3.63) is 65.0 Å². The number of hydrogen-bond acceptors (Lipinski definition) is 4. The number of esters is 1. The molecule has 0 bridgehead atoms. The van der Waals surface area contributed by atoms with Crippen LogP contribution in [0.1, 0.15) is 83.1 Å². The summed E-state index contributed by atoms with van der Waals surface area (Å²) in [6, 6.07) is 10.1. The van der Waals surface area contributed by atoms with Gasteiger partial charge >= 0.3 is 5.97 Å². The predicted octanol–water partition coefficient (Wildman–Crippen LogP) is 7.18. The first-order valence-corrected chi connectivity index (χ1v) is 13.1. The maximum absolute atomic E-state index is 15.8. The second kappa shape index (κ2) is 10.5. The molecule has 204 valence electrons. The van der Waals surface area contributed by atoms with Crippen molar-refractivity contribution in [3.8, 4) is 0 Å². The van der Waals surface area contributed by atoms with Crippen molar-refractivity contribution in [2.24, 2.45) is 16.8 Å². The van der Waals surface area contributed by atoms with Crippen LogP contribution >= 0.6 is 0 Å². The highest BCUT2D eigenvalue weighted by atomic mass is 19.3. The normalized spacial score (nSPS) is 27.3. The number of fused-ring (bicyclic) bond motifs is 2. The van der Waals surface area contributed by atoms with E-state index in [9.17, 15) is 9.18 Å². The third-order valence-electron chi connectivity index (χ3n) is 7.64. The highest BCUT2D eigenvalue weighted by Crippen LogP contribution is 2.56. The molecule has 0 amide bonds. The molecule has 3 aliphatic rings. The van der Waals surface area contributed by atoms with Gasteiger partial charge in [-0.3, -0.25) is 9.79 Å². The van der Waals surface area contributed by atoms with Gasteiger partial charge in [0.1, 0.15) is 11.4 Å². The van der Waals surface area contributed by atoms with E-state index in [2.05, 4.69) is 4.99 Å². The molecule has 1 aliphatic heterocycles. The molecular weight excluding hydrogens is 489 g/mol. The first kappa shape index (κ1) is 20.3. The Morgan fingerprint density at radius 1 is 1.24 bits per heavy atom. The van der Waals surface area contributed by atoms with E-state index >= 15 is 8.78 Å². The number of aliphatic imine (C=N–C) groups is 1. The molecule has 2 atom stereocenters. The minimum absolute atomic E-state index is 0.0217. The molecule has 0 radical (unpaired) electrons. The largest absolute Gasteiger partial charge is 0.458 e. The van der Waals surface area contributed by atoms with Crippen LogP contribution in [0.2, 0.25) is 0 Å². The summed E-state index contributed by atoms with van der Waals surface area (Å²) in [5.74, 6) is -6.53. The van der Waals surface area contributed by atoms with Crippen LogP contribution in [0.25, 0.3) is 0 Å². The molecule has 0 unspecified atom stereocenters. The van der Waals surface area contributed by atoms with Gasteiger partial charge in [0.15, 0.2) is 0 Å². The lowest BCUT2D eigenvalue weighted by molar-refractivity contribution is -0.186. The zero-order valence-corrected chi connectivity index (χ0v) is 21.9. The number of rotatable bonds is 10. The van der Waals surface area contributed by atoms with E-state index in [1.54, 1.807) is 38.1 Å². The second-order valence-corrected chi connectivity index (χ2v) is 11.0. The van der Waals surface area contributed by atoms with E-state index in [0.29, 0.717) is 24.1 Å². The number of ether oxygens (including phenoxy) is 1. The summed E-state index contributed by atoms with van der Waals surface area (Å²) in [4.78, 5) is 18.3. The first-order valence-electron chi connectivity index (χ1n) is 16.1. The Hall–Kier alpha value is -2.67. The van der Waals surface area contributed by atoms with Crippen molar-refractivity contribution < 1.29 is 30.9 Å². The standard InChI is InChI=1S/C31H37F3N2O2/c1-20(2)28-25-13-12-23(32)18-26(25)31(33,34)19-30(28,38-29(37)21-10-11-21)14-16-36(3)15-6-8-24-17-22-7-4-5-9-27(22)35-24/h4-5,7,9,12-13,18,20-21,28H,6,8,10-11,14-17,19H2,1-3H3/t28-,30+/m0/s1/i6D2,8D2,15D2. The number of carbonyl (C=O) groups excluding carboxylic acids is 1. The van der Waals surface area contributed by atoms with Crippen molar-refractivity contribution in [1.82, 2.24) is 4.90 Å². The van der Waals surface area contributed by atoms with Gasteiger partial charge in [0.25, 0.3) is 5.92 Å². The van der Waals surface area contributed by atoms with Gasteiger partial charge in [-0.25, -0.2) is 13.2 Å². The van der Waals surface area contributed by atoms with Gasteiger partial charge in [0.2, 0.25) is 0 Å². The third kappa shape index (κ3) is 5.54. The van der Waals surface area contributed by atoms with Gasteiger partial charge in [-0.15, -0.1) is 0 Å². The van der Waals surface area contributed by atoms with Crippen molar-refractivity contribution in [1.29, 1.82) is 0 Å². The molecule has 1 saturated carbocycles. The quantitative estimate of drug-likeness (QED) is 0.304. The van der Waals surface area contributed by atoms with Crippen molar-refractivity contribution in [3.63, 3.8) is 0 Å². The molecule has 2 aliphatic carbocycles. The lowest BCUT2D eigenvalue weighted by Gasteiger charge is -2.49. The number of halogens is 3. The monoisotopic (exact) mass is 532 g/mol. The van der Waals surface area contributed by atoms with E-state index in [1.807, 2.05) is 0 Å². The van der Waals surface area contributed by atoms with E-state index < -0.39 is 66.4 Å². The van der Waals surface area contributed by atoms with Crippen LogP contribution in [0.4, 0.5) is 18.9 Å². The van der Waals surface area contributed by atoms with Gasteiger partial charge in [-0.2, -0.15) is 0 Å². The number of hydrogen-bond donors (Lipinski definition) is 0. The lowest BCUT2D eigenvalue weighted by atomic mass is 9.64. The minimum atomic E-state index is -3.56. The average molecular weight is 533 g/mol. The van der Waals surface area contributed by atoms with Crippen molar-refractivity contribution >= 4 is 17.4 Å². The van der Waals surface area contributed by atoms with Crippen molar-refractivity contribution in [2.75, 3.05) is 20.1 Å². The van der Waals surface area contributed by atoms with Gasteiger partial charge in [0, 0.05) is 44.8 Å². The summed E-state index contributed by atoms with van der Waals surface area (Å²) < 4.78 is 104. The number of alkyl halides is 2. The van der Waals surface area contributed by atoms with Crippen LogP contribution in [0, 0.1) is 17.7 Å². The number of carbonyl (C=O) groups is 1. The van der Waals surface area contributed by atoms with Crippen LogP contribution in [-0.2, 0) is 21.9 Å². The summed E-state index contributed by atoms with van der Waals surface area (Å²) >= 11 is 0. The summed E-state index contributed by atoms with van der Waals surface area (Å²) in [6.07, 6.45) is -6.03. The van der Waals surface area contributed by atoms with E-state index in [4.69, 9.17) is 13.0 Å². The Morgan fingerprint density at radius 2 is 2.00 bits per heavy atom. The molecule has 7 heteroatoms. The van der Waals surface area contributed by atoms with Crippen LogP contribution in [-0.4, -0.2) is 42.3 Å². The van der Waals surface area contributed by atoms with E-state index in [-0.39, 0.29) is 36.6 Å². The Balaban J connectivity index is 1.46. The lowest BCUT2D eigenvalue weighted by Crippen LogP contribution is -2.52. The smallest absolute Gasteiger partial charge is 0.309 e. The maximum atomic E-state index is 15.8. The van der Waals surface area contributed by atoms with Gasteiger partial charge in [0.05, 0.1) is 18.0 Å². The molecule has 0 saturated heterocycles. The topological polar surface area (TPSA) is 41.9 Å². The first-order chi connectivity index (χ1) is 20.3. The number of benzene rings is 2. The highest BCUT2D eigenvalue weighted by Gasteiger charge is 2.58. The Morgan fingerprint density at radius 3 is 2.71 bits per heavy atom. The van der Waals surface area contributed by atoms with E-state index in [0.717, 1.165) is 17.0 Å². The van der Waals surface area contributed by atoms with Gasteiger partial charge in [-0.1, -0.05) is 38.1 Å². The second-order valence-electron chi connectivity index (χ2n) is 11.0. The maximum Gasteiger partial charge on any atom is 0.309 e. The fraction of sp³-hybridized carbons (Fsp3) is 0.548. The molecule has 2 aromatic rings. The van der Waals surface area contributed by atoms with Crippen LogP contribution < -0.4 is 0 Å². The molecule has 38 heavy (non-hydrogen) atoms. The fourth-order valence-electron chi connectivity index (χ4n) is 5.76. The number of para-hydroxylation sites is 1. The molecule has 0 spiro atoms. The highest BCUT2D eigenvalue weighted by molar-refractivity contribution is 5.93. The average Bonchev–Trinajstić information content (AvgIpc) is 3.69. The van der Waals surface area contributed by atoms with Gasteiger partial charge < -0.3 is 9.64 Å².